The standard InChI is InChI=1S/C10H20N4O/c1-4-14-7-6-12-10(14)9(13-11)8(3)15-5-2/h6-9,13H,4-5,11H2,1-3H3. The van der Waals surface area contributed by atoms with Crippen molar-refractivity contribution < 1.29 is 4.74 Å². The van der Waals surface area contributed by atoms with Crippen LogP contribution in [0.15, 0.2) is 12.4 Å². The van der Waals surface area contributed by atoms with Crippen molar-refractivity contribution in [2.75, 3.05) is 6.61 Å². The molecule has 1 heterocycles. The van der Waals surface area contributed by atoms with Gasteiger partial charge >= 0.3 is 0 Å². The monoisotopic (exact) mass is 212 g/mol. The predicted octanol–water partition coefficient (Wildman–Crippen LogP) is 0.832. The van der Waals surface area contributed by atoms with E-state index >= 15 is 0 Å². The molecule has 1 aromatic rings. The van der Waals surface area contributed by atoms with Crippen LogP contribution >= 0.6 is 0 Å². The number of rotatable bonds is 6. The largest absolute Gasteiger partial charge is 0.377 e. The van der Waals surface area contributed by atoms with Gasteiger partial charge in [0.1, 0.15) is 11.9 Å². The highest BCUT2D eigenvalue weighted by Crippen LogP contribution is 2.16. The highest BCUT2D eigenvalue weighted by atomic mass is 16.5. The molecule has 0 aliphatic heterocycles. The van der Waals surface area contributed by atoms with Crippen LogP contribution in [0.3, 0.4) is 0 Å². The lowest BCUT2D eigenvalue weighted by molar-refractivity contribution is 0.0440. The second-order valence-electron chi connectivity index (χ2n) is 3.38. The van der Waals surface area contributed by atoms with E-state index in [2.05, 4.69) is 21.9 Å². The second kappa shape index (κ2) is 5.85. The molecule has 3 N–H and O–H groups in total. The maximum atomic E-state index is 5.54. The second-order valence-corrected chi connectivity index (χ2v) is 3.38. The molecule has 0 bridgehead atoms. The topological polar surface area (TPSA) is 65.1 Å². The molecule has 15 heavy (non-hydrogen) atoms. The fourth-order valence-corrected chi connectivity index (χ4v) is 1.65. The van der Waals surface area contributed by atoms with Crippen molar-refractivity contribution in [1.29, 1.82) is 0 Å². The Kier molecular flexibility index (Phi) is 4.74. The van der Waals surface area contributed by atoms with Crippen LogP contribution in [0, 0.1) is 0 Å². The summed E-state index contributed by atoms with van der Waals surface area (Å²) in [6.07, 6.45) is 3.73. The molecule has 0 radical (unpaired) electrons. The summed E-state index contributed by atoms with van der Waals surface area (Å²) < 4.78 is 7.58. The summed E-state index contributed by atoms with van der Waals surface area (Å²) >= 11 is 0. The summed E-state index contributed by atoms with van der Waals surface area (Å²) in [5, 5.41) is 0. The van der Waals surface area contributed by atoms with E-state index in [0.717, 1.165) is 12.4 Å². The van der Waals surface area contributed by atoms with Crippen LogP contribution in [0.25, 0.3) is 0 Å². The number of ether oxygens (including phenoxy) is 1. The van der Waals surface area contributed by atoms with Gasteiger partial charge in [-0.3, -0.25) is 5.84 Å². The van der Waals surface area contributed by atoms with Crippen molar-refractivity contribution in [3.05, 3.63) is 18.2 Å². The molecule has 2 unspecified atom stereocenters. The Labute approximate surface area is 90.6 Å². The minimum atomic E-state index is -0.0695. The number of aryl methyl sites for hydroxylation is 1. The van der Waals surface area contributed by atoms with E-state index in [1.807, 2.05) is 20.0 Å². The molecule has 5 heteroatoms. The first kappa shape index (κ1) is 12.2. The molecule has 0 spiro atoms. The Balaban J connectivity index is 2.81. The maximum absolute atomic E-state index is 5.54. The van der Waals surface area contributed by atoms with Gasteiger partial charge in [-0.1, -0.05) is 0 Å². The van der Waals surface area contributed by atoms with Gasteiger partial charge in [-0.15, -0.1) is 0 Å². The summed E-state index contributed by atoms with van der Waals surface area (Å²) in [6, 6.07) is -0.0695. The highest BCUT2D eigenvalue weighted by Gasteiger charge is 2.22. The van der Waals surface area contributed by atoms with E-state index in [0.29, 0.717) is 6.61 Å². The Hall–Kier alpha value is -0.910. The van der Waals surface area contributed by atoms with Gasteiger partial charge in [0.15, 0.2) is 0 Å². The lowest BCUT2D eigenvalue weighted by Gasteiger charge is -2.23. The molecule has 2 atom stereocenters. The lowest BCUT2D eigenvalue weighted by atomic mass is 10.2. The highest BCUT2D eigenvalue weighted by molar-refractivity contribution is 5.01. The SMILES string of the molecule is CCOC(C)C(NN)c1nccn1CC. The lowest BCUT2D eigenvalue weighted by Crippen LogP contribution is -2.38. The average molecular weight is 212 g/mol. The van der Waals surface area contributed by atoms with Gasteiger partial charge in [0.2, 0.25) is 0 Å². The Morgan fingerprint density at radius 2 is 2.33 bits per heavy atom. The van der Waals surface area contributed by atoms with E-state index in [-0.39, 0.29) is 12.1 Å². The quantitative estimate of drug-likeness (QED) is 0.541. The number of nitrogens with one attached hydrogen (secondary N) is 1. The van der Waals surface area contributed by atoms with Crippen LogP contribution < -0.4 is 11.3 Å². The fourth-order valence-electron chi connectivity index (χ4n) is 1.65. The molecule has 1 rings (SSSR count). The molecule has 0 amide bonds. The summed E-state index contributed by atoms with van der Waals surface area (Å²) in [5.74, 6) is 6.45. The van der Waals surface area contributed by atoms with E-state index in [1.165, 1.54) is 0 Å². The third-order valence-corrected chi connectivity index (χ3v) is 2.45. The van der Waals surface area contributed by atoms with Crippen LogP contribution in [-0.4, -0.2) is 22.3 Å². The van der Waals surface area contributed by atoms with Gasteiger partial charge in [0.05, 0.1) is 6.10 Å². The van der Waals surface area contributed by atoms with E-state index < -0.39 is 0 Å². The number of hydrogen-bond donors (Lipinski definition) is 2. The number of imidazole rings is 1. The summed E-state index contributed by atoms with van der Waals surface area (Å²) in [6.45, 7) is 7.59. The van der Waals surface area contributed by atoms with E-state index in [9.17, 15) is 0 Å². The molecule has 0 aliphatic rings. The smallest absolute Gasteiger partial charge is 0.129 e. The number of hydrogen-bond acceptors (Lipinski definition) is 4. The molecular formula is C10H20N4O. The minimum absolute atomic E-state index is 0.00713. The molecule has 0 saturated carbocycles. The van der Waals surface area contributed by atoms with Crippen molar-refractivity contribution >= 4 is 0 Å². The molecule has 1 aromatic heterocycles. The van der Waals surface area contributed by atoms with Crippen molar-refractivity contribution in [2.45, 2.75) is 39.5 Å². The van der Waals surface area contributed by atoms with Crippen LogP contribution in [-0.2, 0) is 11.3 Å². The Morgan fingerprint density at radius 1 is 1.60 bits per heavy atom. The van der Waals surface area contributed by atoms with E-state index in [4.69, 9.17) is 10.6 Å². The zero-order valence-corrected chi connectivity index (χ0v) is 9.60. The van der Waals surface area contributed by atoms with Gasteiger partial charge in [0, 0.05) is 25.5 Å². The molecule has 0 aromatic carbocycles. The normalized spacial score (nSPS) is 15.2. The maximum Gasteiger partial charge on any atom is 0.129 e. The van der Waals surface area contributed by atoms with Crippen molar-refractivity contribution in [1.82, 2.24) is 15.0 Å². The molecule has 86 valence electrons. The average Bonchev–Trinajstić information content (AvgIpc) is 2.67. The first-order valence-corrected chi connectivity index (χ1v) is 5.33. The van der Waals surface area contributed by atoms with Crippen molar-refractivity contribution in [3.63, 3.8) is 0 Å². The minimum Gasteiger partial charge on any atom is -0.377 e. The van der Waals surface area contributed by atoms with Crippen LogP contribution in [0.5, 0.6) is 0 Å². The van der Waals surface area contributed by atoms with Crippen LogP contribution in [0.4, 0.5) is 0 Å². The first-order valence-electron chi connectivity index (χ1n) is 5.33. The number of nitrogens with two attached hydrogens (primary N) is 1. The van der Waals surface area contributed by atoms with Crippen LogP contribution in [0.1, 0.15) is 32.6 Å². The number of hydrazine groups is 1. The molecule has 0 saturated heterocycles. The molecule has 0 fully saturated rings. The van der Waals surface area contributed by atoms with Crippen molar-refractivity contribution in [2.24, 2.45) is 5.84 Å². The third-order valence-electron chi connectivity index (χ3n) is 2.45. The molecule has 5 nitrogen and oxygen atoms in total. The summed E-state index contributed by atoms with van der Waals surface area (Å²) in [5.41, 5.74) is 2.76. The molecule has 0 aliphatic carbocycles. The predicted molar refractivity (Wildman–Crippen MR) is 59.1 cm³/mol. The zero-order chi connectivity index (χ0) is 11.3. The van der Waals surface area contributed by atoms with Crippen LogP contribution in [0.2, 0.25) is 0 Å². The third kappa shape index (κ3) is 2.77. The van der Waals surface area contributed by atoms with Gasteiger partial charge < -0.3 is 9.30 Å². The zero-order valence-electron chi connectivity index (χ0n) is 9.60. The van der Waals surface area contributed by atoms with Crippen molar-refractivity contribution in [3.8, 4) is 0 Å². The van der Waals surface area contributed by atoms with Gasteiger partial charge in [-0.05, 0) is 20.8 Å². The summed E-state index contributed by atoms with van der Waals surface area (Å²) in [4.78, 5) is 4.30. The Morgan fingerprint density at radius 3 is 2.87 bits per heavy atom. The van der Waals surface area contributed by atoms with Gasteiger partial charge in [0.25, 0.3) is 0 Å². The van der Waals surface area contributed by atoms with E-state index in [1.54, 1.807) is 6.20 Å². The Bertz CT molecular complexity index is 287. The van der Waals surface area contributed by atoms with Gasteiger partial charge in [-0.25, -0.2) is 10.4 Å². The fraction of sp³-hybridized carbons (Fsp3) is 0.700. The van der Waals surface area contributed by atoms with Gasteiger partial charge in [-0.2, -0.15) is 0 Å². The summed E-state index contributed by atoms with van der Waals surface area (Å²) in [7, 11) is 0. The first-order chi connectivity index (χ1) is 7.24. The number of aromatic nitrogens is 2. The molecular weight excluding hydrogens is 192 g/mol. The number of nitrogens with zero attached hydrogens (tertiary/aromatic N) is 2.